The fraction of sp³-hybridized carbons (Fsp3) is 0.538. The SMILES string of the molecule is CCOP(=O)(Cc1ccc([C@H](C)O)cc1)OCC. The Morgan fingerprint density at radius 2 is 1.67 bits per heavy atom. The van der Waals surface area contributed by atoms with Gasteiger partial charge in [-0.15, -0.1) is 0 Å². The Labute approximate surface area is 108 Å². The molecule has 5 heteroatoms. The fourth-order valence-electron chi connectivity index (χ4n) is 1.65. The molecular weight excluding hydrogens is 251 g/mol. The molecule has 102 valence electrons. The van der Waals surface area contributed by atoms with E-state index >= 15 is 0 Å². The molecule has 0 saturated heterocycles. The summed E-state index contributed by atoms with van der Waals surface area (Å²) in [6.45, 7) is 6.02. The molecule has 0 bridgehead atoms. The summed E-state index contributed by atoms with van der Waals surface area (Å²) in [4.78, 5) is 0. The average molecular weight is 272 g/mol. The van der Waals surface area contributed by atoms with Crippen molar-refractivity contribution in [3.05, 3.63) is 35.4 Å². The van der Waals surface area contributed by atoms with Crippen molar-refractivity contribution in [2.75, 3.05) is 13.2 Å². The number of aliphatic hydroxyl groups excluding tert-OH is 1. The van der Waals surface area contributed by atoms with Crippen LogP contribution < -0.4 is 0 Å². The molecule has 1 aromatic rings. The smallest absolute Gasteiger partial charge is 0.335 e. The second-order valence-corrected chi connectivity index (χ2v) is 6.08. The van der Waals surface area contributed by atoms with Gasteiger partial charge < -0.3 is 14.2 Å². The first kappa shape index (κ1) is 15.4. The molecule has 0 aliphatic rings. The Bertz CT molecular complexity index is 390. The zero-order valence-electron chi connectivity index (χ0n) is 11.1. The van der Waals surface area contributed by atoms with Gasteiger partial charge in [0.2, 0.25) is 0 Å². The molecule has 18 heavy (non-hydrogen) atoms. The molecule has 0 saturated carbocycles. The Kier molecular flexibility index (Phi) is 6.03. The van der Waals surface area contributed by atoms with Crippen LogP contribution in [0.15, 0.2) is 24.3 Å². The molecule has 0 aliphatic carbocycles. The van der Waals surface area contributed by atoms with Crippen LogP contribution in [-0.2, 0) is 19.8 Å². The summed E-state index contributed by atoms with van der Waals surface area (Å²) in [5.41, 5.74) is 1.71. The highest BCUT2D eigenvalue weighted by molar-refractivity contribution is 7.53. The quantitative estimate of drug-likeness (QED) is 0.772. The van der Waals surface area contributed by atoms with Gasteiger partial charge in [-0.3, -0.25) is 4.57 Å². The second-order valence-electron chi connectivity index (χ2n) is 4.02. The first-order valence-corrected chi connectivity index (χ1v) is 7.88. The zero-order valence-corrected chi connectivity index (χ0v) is 12.0. The van der Waals surface area contributed by atoms with Gasteiger partial charge in [0.05, 0.1) is 25.5 Å². The maximum Gasteiger partial charge on any atom is 0.335 e. The summed E-state index contributed by atoms with van der Waals surface area (Å²) < 4.78 is 22.8. The Balaban J connectivity index is 2.78. The summed E-state index contributed by atoms with van der Waals surface area (Å²) in [5.74, 6) is 0. The predicted octanol–water partition coefficient (Wildman–Crippen LogP) is 3.51. The molecule has 1 atom stereocenters. The summed E-state index contributed by atoms with van der Waals surface area (Å²) in [5, 5.41) is 9.41. The van der Waals surface area contributed by atoms with Gasteiger partial charge in [0, 0.05) is 0 Å². The van der Waals surface area contributed by atoms with Crippen molar-refractivity contribution < 1.29 is 18.7 Å². The molecule has 0 amide bonds. The maximum atomic E-state index is 12.3. The van der Waals surface area contributed by atoms with Gasteiger partial charge in [-0.2, -0.15) is 0 Å². The van der Waals surface area contributed by atoms with Gasteiger partial charge in [0.25, 0.3) is 0 Å². The third kappa shape index (κ3) is 4.54. The zero-order chi connectivity index (χ0) is 13.6. The molecule has 0 aliphatic heterocycles. The van der Waals surface area contributed by atoms with Crippen molar-refractivity contribution in [3.63, 3.8) is 0 Å². The van der Waals surface area contributed by atoms with Gasteiger partial charge >= 0.3 is 7.60 Å². The van der Waals surface area contributed by atoms with Crippen molar-refractivity contribution >= 4 is 7.60 Å². The van der Waals surface area contributed by atoms with Gasteiger partial charge in [-0.25, -0.2) is 0 Å². The van der Waals surface area contributed by atoms with E-state index in [1.165, 1.54) is 0 Å². The van der Waals surface area contributed by atoms with Crippen LogP contribution >= 0.6 is 7.60 Å². The van der Waals surface area contributed by atoms with Crippen LogP contribution in [0, 0.1) is 0 Å². The Morgan fingerprint density at radius 1 is 1.17 bits per heavy atom. The van der Waals surface area contributed by atoms with E-state index in [2.05, 4.69) is 0 Å². The lowest BCUT2D eigenvalue weighted by atomic mass is 10.1. The first-order chi connectivity index (χ1) is 8.50. The lowest BCUT2D eigenvalue weighted by Crippen LogP contribution is -1.99. The van der Waals surface area contributed by atoms with E-state index in [4.69, 9.17) is 9.05 Å². The molecule has 1 N–H and O–H groups in total. The Hall–Kier alpha value is -0.670. The number of hydrogen-bond donors (Lipinski definition) is 1. The van der Waals surface area contributed by atoms with Crippen LogP contribution in [0.25, 0.3) is 0 Å². The highest BCUT2D eigenvalue weighted by atomic mass is 31.2. The second kappa shape index (κ2) is 7.05. The largest absolute Gasteiger partial charge is 0.389 e. The highest BCUT2D eigenvalue weighted by Crippen LogP contribution is 2.51. The van der Waals surface area contributed by atoms with Crippen molar-refractivity contribution in [3.8, 4) is 0 Å². The number of rotatable bonds is 7. The molecule has 0 spiro atoms. The number of hydrogen-bond acceptors (Lipinski definition) is 4. The van der Waals surface area contributed by atoms with E-state index in [-0.39, 0.29) is 6.16 Å². The van der Waals surface area contributed by atoms with E-state index in [0.29, 0.717) is 13.2 Å². The van der Waals surface area contributed by atoms with Crippen molar-refractivity contribution in [1.29, 1.82) is 0 Å². The molecule has 0 unspecified atom stereocenters. The van der Waals surface area contributed by atoms with Crippen molar-refractivity contribution in [2.24, 2.45) is 0 Å². The van der Waals surface area contributed by atoms with Crippen molar-refractivity contribution in [2.45, 2.75) is 33.0 Å². The minimum Gasteiger partial charge on any atom is -0.389 e. The van der Waals surface area contributed by atoms with Crippen LogP contribution in [0.5, 0.6) is 0 Å². The highest BCUT2D eigenvalue weighted by Gasteiger charge is 2.23. The van der Waals surface area contributed by atoms with E-state index in [1.54, 1.807) is 20.8 Å². The van der Waals surface area contributed by atoms with E-state index < -0.39 is 13.7 Å². The summed E-state index contributed by atoms with van der Waals surface area (Å²) in [6.07, 6.45) is -0.237. The lowest BCUT2D eigenvalue weighted by molar-refractivity contribution is 0.199. The predicted molar refractivity (Wildman–Crippen MR) is 71.6 cm³/mol. The minimum atomic E-state index is -3.04. The van der Waals surface area contributed by atoms with Crippen LogP contribution in [0.1, 0.15) is 38.0 Å². The van der Waals surface area contributed by atoms with Gasteiger partial charge in [-0.05, 0) is 31.9 Å². The fourth-order valence-corrected chi connectivity index (χ4v) is 3.35. The van der Waals surface area contributed by atoms with Crippen LogP contribution in [-0.4, -0.2) is 18.3 Å². The monoisotopic (exact) mass is 272 g/mol. The number of benzene rings is 1. The third-order valence-electron chi connectivity index (χ3n) is 2.49. The van der Waals surface area contributed by atoms with Crippen LogP contribution in [0.2, 0.25) is 0 Å². The van der Waals surface area contributed by atoms with E-state index in [1.807, 2.05) is 24.3 Å². The van der Waals surface area contributed by atoms with Gasteiger partial charge in [0.1, 0.15) is 0 Å². The van der Waals surface area contributed by atoms with E-state index in [0.717, 1.165) is 11.1 Å². The first-order valence-electron chi connectivity index (χ1n) is 6.15. The molecular formula is C13H21O4P. The summed E-state index contributed by atoms with van der Waals surface area (Å²) >= 11 is 0. The molecule has 0 radical (unpaired) electrons. The topological polar surface area (TPSA) is 55.8 Å². The molecule has 0 heterocycles. The average Bonchev–Trinajstić information content (AvgIpc) is 2.30. The summed E-state index contributed by atoms with van der Waals surface area (Å²) in [7, 11) is -3.04. The summed E-state index contributed by atoms with van der Waals surface area (Å²) in [6, 6.07) is 7.32. The molecule has 1 rings (SSSR count). The minimum absolute atomic E-state index is 0.259. The van der Waals surface area contributed by atoms with Crippen LogP contribution in [0.3, 0.4) is 0 Å². The molecule has 1 aromatic carbocycles. The lowest BCUT2D eigenvalue weighted by Gasteiger charge is -2.17. The van der Waals surface area contributed by atoms with E-state index in [9.17, 15) is 9.67 Å². The molecule has 0 fully saturated rings. The van der Waals surface area contributed by atoms with Gasteiger partial charge in [0.15, 0.2) is 0 Å². The Morgan fingerprint density at radius 3 is 2.06 bits per heavy atom. The van der Waals surface area contributed by atoms with Crippen LogP contribution in [0.4, 0.5) is 0 Å². The maximum absolute atomic E-state index is 12.3. The van der Waals surface area contributed by atoms with Gasteiger partial charge in [-0.1, -0.05) is 24.3 Å². The normalized spacial score (nSPS) is 13.6. The third-order valence-corrected chi connectivity index (χ3v) is 4.55. The van der Waals surface area contributed by atoms with Crippen molar-refractivity contribution in [1.82, 2.24) is 0 Å². The number of aliphatic hydroxyl groups is 1. The molecule has 4 nitrogen and oxygen atoms in total. The molecule has 0 aromatic heterocycles. The standard InChI is InChI=1S/C13H21O4P/c1-4-16-18(15,17-5-2)10-12-6-8-13(9-7-12)11(3)14/h6-9,11,14H,4-5,10H2,1-3H3/t11-/m0/s1.